The first kappa shape index (κ1) is 14.8. The Morgan fingerprint density at radius 1 is 0.682 bits per heavy atom. The summed E-state index contributed by atoms with van der Waals surface area (Å²) in [7, 11) is 0. The summed E-state index contributed by atoms with van der Waals surface area (Å²) in [5.74, 6) is 0. The van der Waals surface area contributed by atoms with Gasteiger partial charge in [0.1, 0.15) is 0 Å². The Morgan fingerprint density at radius 3 is 1.91 bits per heavy atom. The molecular weight excluding hydrogens is 264 g/mol. The Balaban J connectivity index is 2.42. The van der Waals surface area contributed by atoms with E-state index in [4.69, 9.17) is 0 Å². The van der Waals surface area contributed by atoms with Crippen LogP contribution in [-0.4, -0.2) is 0 Å². The van der Waals surface area contributed by atoms with Crippen molar-refractivity contribution in [1.29, 1.82) is 0 Å². The maximum atomic E-state index is 2.40. The first-order chi connectivity index (χ1) is 10.4. The maximum Gasteiger partial charge on any atom is -0.0125 e. The van der Waals surface area contributed by atoms with Crippen LogP contribution in [0.4, 0.5) is 0 Å². The van der Waals surface area contributed by atoms with E-state index in [2.05, 4.69) is 89.2 Å². The van der Waals surface area contributed by atoms with Crippen LogP contribution in [0.3, 0.4) is 0 Å². The number of rotatable bonds is 1. The predicted octanol–water partition coefficient (Wildman–Crippen LogP) is 6.42. The van der Waals surface area contributed by atoms with E-state index in [0.717, 1.165) is 0 Å². The van der Waals surface area contributed by atoms with Gasteiger partial charge in [-0.3, -0.25) is 0 Å². The van der Waals surface area contributed by atoms with Gasteiger partial charge in [0, 0.05) is 0 Å². The molecular formula is C22H24. The molecule has 0 heteroatoms. The van der Waals surface area contributed by atoms with Crippen molar-refractivity contribution in [3.05, 3.63) is 71.3 Å². The Kier molecular flexibility index (Phi) is 3.56. The van der Waals surface area contributed by atoms with Crippen molar-refractivity contribution in [1.82, 2.24) is 0 Å². The van der Waals surface area contributed by atoms with Crippen molar-refractivity contribution in [3.8, 4) is 11.1 Å². The largest absolute Gasteiger partial charge is 0.0620 e. The van der Waals surface area contributed by atoms with Crippen molar-refractivity contribution in [3.63, 3.8) is 0 Å². The summed E-state index contributed by atoms with van der Waals surface area (Å²) >= 11 is 0. The van der Waals surface area contributed by atoms with Crippen LogP contribution >= 0.6 is 0 Å². The van der Waals surface area contributed by atoms with Crippen LogP contribution in [0.1, 0.15) is 37.5 Å². The van der Waals surface area contributed by atoms with Gasteiger partial charge in [-0.25, -0.2) is 0 Å². The molecule has 112 valence electrons. The van der Waals surface area contributed by atoms with Gasteiger partial charge < -0.3 is 0 Å². The third-order valence-electron chi connectivity index (χ3n) is 4.56. The predicted molar refractivity (Wildman–Crippen MR) is 97.6 cm³/mol. The highest BCUT2D eigenvalue weighted by Gasteiger charge is 2.20. The fourth-order valence-electron chi connectivity index (χ4n) is 3.30. The Morgan fingerprint density at radius 2 is 1.27 bits per heavy atom. The quantitative estimate of drug-likeness (QED) is 0.484. The summed E-state index contributed by atoms with van der Waals surface area (Å²) in [5.41, 5.74) is 6.97. The van der Waals surface area contributed by atoms with Crippen LogP contribution in [-0.2, 0) is 5.41 Å². The molecule has 0 amide bonds. The highest BCUT2D eigenvalue weighted by molar-refractivity contribution is 5.95. The molecule has 0 aliphatic rings. The molecule has 3 aromatic carbocycles. The molecule has 0 aliphatic carbocycles. The van der Waals surface area contributed by atoms with Gasteiger partial charge in [0.15, 0.2) is 0 Å². The average molecular weight is 288 g/mol. The Hall–Kier alpha value is -2.08. The molecule has 0 heterocycles. The monoisotopic (exact) mass is 288 g/mol. The van der Waals surface area contributed by atoms with E-state index in [9.17, 15) is 0 Å². The van der Waals surface area contributed by atoms with E-state index < -0.39 is 0 Å². The molecule has 0 unspecified atom stereocenters. The van der Waals surface area contributed by atoms with E-state index in [1.54, 1.807) is 0 Å². The summed E-state index contributed by atoms with van der Waals surface area (Å²) in [4.78, 5) is 0. The van der Waals surface area contributed by atoms with Crippen molar-refractivity contribution in [2.45, 2.75) is 40.0 Å². The van der Waals surface area contributed by atoms with Crippen LogP contribution in [0.5, 0.6) is 0 Å². The Labute approximate surface area is 133 Å². The van der Waals surface area contributed by atoms with Gasteiger partial charge in [-0.1, -0.05) is 69.3 Å². The summed E-state index contributed by atoms with van der Waals surface area (Å²) in [6, 6.07) is 19.9. The lowest BCUT2D eigenvalue weighted by Gasteiger charge is -2.24. The number of benzene rings is 3. The first-order valence-electron chi connectivity index (χ1n) is 7.98. The molecule has 0 aliphatic heterocycles. The van der Waals surface area contributed by atoms with Gasteiger partial charge in [0.2, 0.25) is 0 Å². The standard InChI is InChI=1S/C22H24/c1-15-10-6-7-11-17(15)20-14-21(22(3,4)5)19-13-9-8-12-18(19)16(20)2/h6-14H,1-5H3. The molecule has 0 spiro atoms. The molecule has 0 bridgehead atoms. The maximum absolute atomic E-state index is 2.40. The minimum absolute atomic E-state index is 0.130. The molecule has 3 rings (SSSR count). The smallest absolute Gasteiger partial charge is 0.0125 e. The van der Waals surface area contributed by atoms with Gasteiger partial charge in [-0.15, -0.1) is 0 Å². The highest BCUT2D eigenvalue weighted by atomic mass is 14.2. The molecule has 0 radical (unpaired) electrons. The lowest BCUT2D eigenvalue weighted by Crippen LogP contribution is -2.12. The van der Waals surface area contributed by atoms with E-state index in [1.807, 2.05) is 0 Å². The molecule has 0 fully saturated rings. The zero-order valence-electron chi connectivity index (χ0n) is 14.2. The van der Waals surface area contributed by atoms with Crippen molar-refractivity contribution in [2.24, 2.45) is 0 Å². The molecule has 0 N–H and O–H groups in total. The third kappa shape index (κ3) is 2.43. The van der Waals surface area contributed by atoms with Gasteiger partial charge in [0.05, 0.1) is 0 Å². The van der Waals surface area contributed by atoms with Gasteiger partial charge >= 0.3 is 0 Å². The van der Waals surface area contributed by atoms with Gasteiger partial charge in [0.25, 0.3) is 0 Å². The lowest BCUT2D eigenvalue weighted by atomic mass is 9.80. The molecule has 0 saturated carbocycles. The average Bonchev–Trinajstić information content (AvgIpc) is 2.48. The summed E-state index contributed by atoms with van der Waals surface area (Å²) in [5, 5.41) is 2.75. The van der Waals surface area contributed by atoms with Crippen molar-refractivity contribution in [2.75, 3.05) is 0 Å². The van der Waals surface area contributed by atoms with E-state index in [1.165, 1.54) is 38.6 Å². The first-order valence-corrected chi connectivity index (χ1v) is 7.98. The van der Waals surface area contributed by atoms with E-state index in [-0.39, 0.29) is 5.41 Å². The summed E-state index contributed by atoms with van der Waals surface area (Å²) in [6.07, 6.45) is 0. The normalized spacial score (nSPS) is 11.9. The molecule has 3 aromatic rings. The number of hydrogen-bond donors (Lipinski definition) is 0. The molecule has 0 saturated heterocycles. The van der Waals surface area contributed by atoms with Gasteiger partial charge in [-0.2, -0.15) is 0 Å². The van der Waals surface area contributed by atoms with Crippen LogP contribution < -0.4 is 0 Å². The van der Waals surface area contributed by atoms with E-state index in [0.29, 0.717) is 0 Å². The third-order valence-corrected chi connectivity index (χ3v) is 4.56. The minimum atomic E-state index is 0.130. The van der Waals surface area contributed by atoms with Crippen LogP contribution in [0.2, 0.25) is 0 Å². The van der Waals surface area contributed by atoms with Crippen LogP contribution in [0.15, 0.2) is 54.6 Å². The topological polar surface area (TPSA) is 0 Å². The lowest BCUT2D eigenvalue weighted by molar-refractivity contribution is 0.596. The fraction of sp³-hybridized carbons (Fsp3) is 0.273. The van der Waals surface area contributed by atoms with Crippen LogP contribution in [0, 0.1) is 13.8 Å². The molecule has 0 atom stereocenters. The molecule has 0 aromatic heterocycles. The summed E-state index contributed by atoms with van der Waals surface area (Å²) in [6.45, 7) is 11.3. The minimum Gasteiger partial charge on any atom is -0.0620 e. The van der Waals surface area contributed by atoms with Crippen LogP contribution in [0.25, 0.3) is 21.9 Å². The number of fused-ring (bicyclic) bond motifs is 1. The second kappa shape index (κ2) is 5.28. The highest BCUT2D eigenvalue weighted by Crippen LogP contribution is 2.38. The second-order valence-corrected chi connectivity index (χ2v) is 7.21. The fourth-order valence-corrected chi connectivity index (χ4v) is 3.30. The summed E-state index contributed by atoms with van der Waals surface area (Å²) < 4.78 is 0. The Bertz CT molecular complexity index is 832. The molecule has 22 heavy (non-hydrogen) atoms. The zero-order chi connectivity index (χ0) is 15.9. The molecule has 0 nitrogen and oxygen atoms in total. The number of hydrogen-bond acceptors (Lipinski definition) is 0. The second-order valence-electron chi connectivity index (χ2n) is 7.21. The number of aryl methyl sites for hydroxylation is 2. The van der Waals surface area contributed by atoms with Gasteiger partial charge in [-0.05, 0) is 63.9 Å². The zero-order valence-corrected chi connectivity index (χ0v) is 14.2. The van der Waals surface area contributed by atoms with E-state index >= 15 is 0 Å². The van der Waals surface area contributed by atoms with Crippen molar-refractivity contribution < 1.29 is 0 Å². The SMILES string of the molecule is Cc1ccccc1-c1cc(C(C)(C)C)c2ccccc2c1C. The van der Waals surface area contributed by atoms with Crippen molar-refractivity contribution >= 4 is 10.8 Å².